The predicted molar refractivity (Wildman–Crippen MR) is 146 cm³/mol. The molecule has 0 atom stereocenters. The number of hydrogen-bond acceptors (Lipinski definition) is 3. The van der Waals surface area contributed by atoms with E-state index in [2.05, 4.69) is 88.1 Å². The van der Waals surface area contributed by atoms with Gasteiger partial charge in [0.1, 0.15) is 11.5 Å². The molecule has 180 valence electrons. The molecule has 0 N–H and O–H groups in total. The van der Waals surface area contributed by atoms with Gasteiger partial charge in [0.15, 0.2) is 0 Å². The molecule has 1 saturated heterocycles. The summed E-state index contributed by atoms with van der Waals surface area (Å²) in [5.41, 5.74) is 4.78. The number of rotatable bonds is 2. The van der Waals surface area contributed by atoms with Crippen LogP contribution in [0.15, 0.2) is 48.6 Å². The Morgan fingerprint density at radius 1 is 1.00 bits per heavy atom. The van der Waals surface area contributed by atoms with Crippen LogP contribution in [0.3, 0.4) is 0 Å². The van der Waals surface area contributed by atoms with Crippen molar-refractivity contribution in [2.24, 2.45) is 0 Å². The molecule has 0 unspecified atom stereocenters. The first kappa shape index (κ1) is 22.5. The fourth-order valence-electron chi connectivity index (χ4n) is 6.25. The van der Waals surface area contributed by atoms with Crippen molar-refractivity contribution in [2.45, 2.75) is 83.3 Å². The van der Waals surface area contributed by atoms with Crippen molar-refractivity contribution in [3.8, 4) is 0 Å². The molecule has 4 aromatic rings. The van der Waals surface area contributed by atoms with E-state index in [1.807, 2.05) is 6.08 Å². The highest BCUT2D eigenvalue weighted by Gasteiger charge is 2.48. The standard InChI is InChI=1S/C31H35N3O/c1-7-25-24(18-21-19-31(16-10-11-17-31)35-30(21,5)6)32-27-23-15-14-20-12-8-9-13-22(20)26(23)33-28(34(25)27)29(2,3)4/h7-9,12-15,18H,1,10-11,16-17,19H2,2-6H3. The monoisotopic (exact) mass is 465 g/mol. The molecule has 3 heterocycles. The van der Waals surface area contributed by atoms with Gasteiger partial charge in [-0.3, -0.25) is 4.40 Å². The number of ether oxygens (including phenoxy) is 1. The van der Waals surface area contributed by atoms with Crippen molar-refractivity contribution in [3.63, 3.8) is 0 Å². The molecular formula is C31H35N3O. The normalized spacial score (nSPS) is 20.7. The molecule has 0 amide bonds. The maximum absolute atomic E-state index is 6.69. The van der Waals surface area contributed by atoms with Crippen LogP contribution in [0.1, 0.15) is 83.9 Å². The van der Waals surface area contributed by atoms with Gasteiger partial charge < -0.3 is 4.74 Å². The van der Waals surface area contributed by atoms with Gasteiger partial charge in [-0.2, -0.15) is 0 Å². The molecule has 4 nitrogen and oxygen atoms in total. The predicted octanol–water partition coefficient (Wildman–Crippen LogP) is 7.87. The van der Waals surface area contributed by atoms with Gasteiger partial charge in [-0.15, -0.1) is 0 Å². The number of imidazole rings is 1. The summed E-state index contributed by atoms with van der Waals surface area (Å²) >= 11 is 0. The van der Waals surface area contributed by atoms with E-state index in [-0.39, 0.29) is 16.6 Å². The molecule has 0 radical (unpaired) electrons. The van der Waals surface area contributed by atoms with E-state index in [0.29, 0.717) is 0 Å². The molecular weight excluding hydrogens is 430 g/mol. The van der Waals surface area contributed by atoms with Crippen LogP contribution in [0.5, 0.6) is 0 Å². The fourth-order valence-corrected chi connectivity index (χ4v) is 6.25. The topological polar surface area (TPSA) is 39.4 Å². The van der Waals surface area contributed by atoms with Gasteiger partial charge in [-0.1, -0.05) is 70.5 Å². The van der Waals surface area contributed by atoms with Crippen LogP contribution >= 0.6 is 0 Å². The Kier molecular flexibility index (Phi) is 4.82. The lowest BCUT2D eigenvalue weighted by Crippen LogP contribution is -2.29. The van der Waals surface area contributed by atoms with E-state index >= 15 is 0 Å². The van der Waals surface area contributed by atoms with Crippen molar-refractivity contribution < 1.29 is 4.74 Å². The van der Waals surface area contributed by atoms with E-state index in [4.69, 9.17) is 14.7 Å². The van der Waals surface area contributed by atoms with Crippen LogP contribution in [0.4, 0.5) is 0 Å². The van der Waals surface area contributed by atoms with Crippen LogP contribution < -0.4 is 0 Å². The summed E-state index contributed by atoms with van der Waals surface area (Å²) in [6.45, 7) is 15.3. The van der Waals surface area contributed by atoms with Gasteiger partial charge in [0.25, 0.3) is 0 Å². The Morgan fingerprint density at radius 2 is 1.74 bits per heavy atom. The Balaban J connectivity index is 1.65. The molecule has 2 aromatic carbocycles. The Morgan fingerprint density at radius 3 is 2.46 bits per heavy atom. The molecule has 2 aromatic heterocycles. The molecule has 35 heavy (non-hydrogen) atoms. The summed E-state index contributed by atoms with van der Waals surface area (Å²) in [4.78, 5) is 10.5. The van der Waals surface area contributed by atoms with Gasteiger partial charge in [-0.25, -0.2) is 9.97 Å². The third kappa shape index (κ3) is 3.45. The van der Waals surface area contributed by atoms with Crippen LogP contribution in [0.25, 0.3) is 39.5 Å². The van der Waals surface area contributed by atoms with Crippen molar-refractivity contribution >= 4 is 39.5 Å². The minimum atomic E-state index is -0.290. The van der Waals surface area contributed by atoms with Gasteiger partial charge in [0.05, 0.1) is 28.1 Å². The average Bonchev–Trinajstić information content (AvgIpc) is 3.47. The van der Waals surface area contributed by atoms with Crippen LogP contribution in [-0.4, -0.2) is 25.6 Å². The Labute approximate surface area is 207 Å². The number of fused-ring (bicyclic) bond motifs is 5. The number of hydrogen-bond donors (Lipinski definition) is 0. The fraction of sp³-hybridized carbons (Fsp3) is 0.419. The maximum atomic E-state index is 6.69. The Bertz CT molecular complexity index is 1520. The van der Waals surface area contributed by atoms with Crippen molar-refractivity contribution in [1.29, 1.82) is 0 Å². The molecule has 0 bridgehead atoms. The second kappa shape index (κ2) is 7.51. The third-order valence-corrected chi connectivity index (χ3v) is 7.96. The van der Waals surface area contributed by atoms with Crippen molar-refractivity contribution in [2.75, 3.05) is 0 Å². The van der Waals surface area contributed by atoms with Gasteiger partial charge in [0, 0.05) is 22.6 Å². The zero-order valence-corrected chi connectivity index (χ0v) is 21.6. The lowest BCUT2D eigenvalue weighted by Gasteiger charge is -2.26. The van der Waals surface area contributed by atoms with E-state index in [0.717, 1.165) is 58.4 Å². The first-order valence-electron chi connectivity index (χ1n) is 12.9. The largest absolute Gasteiger partial charge is 0.364 e. The quantitative estimate of drug-likeness (QED) is 0.283. The highest BCUT2D eigenvalue weighted by molar-refractivity contribution is 6.09. The SMILES string of the molecule is C=Cc1c(C=C2CC3(CCCC3)OC2(C)C)nc2c3ccc4ccccc4c3nc(C(C)(C)C)n12. The second-order valence-electron chi connectivity index (χ2n) is 12.0. The molecule has 2 aliphatic rings. The van der Waals surface area contributed by atoms with Gasteiger partial charge in [0.2, 0.25) is 0 Å². The van der Waals surface area contributed by atoms with E-state index in [1.165, 1.54) is 23.8 Å². The molecule has 6 rings (SSSR count). The summed E-state index contributed by atoms with van der Waals surface area (Å²) in [7, 11) is 0. The molecule has 4 heteroatoms. The third-order valence-electron chi connectivity index (χ3n) is 7.96. The lowest BCUT2D eigenvalue weighted by molar-refractivity contribution is -0.0747. The van der Waals surface area contributed by atoms with Gasteiger partial charge >= 0.3 is 0 Å². The smallest absolute Gasteiger partial charge is 0.148 e. The second-order valence-corrected chi connectivity index (χ2v) is 12.0. The molecule has 1 spiro atoms. The molecule has 1 aliphatic carbocycles. The Hall–Kier alpha value is -2.98. The lowest BCUT2D eigenvalue weighted by atomic mass is 9.90. The zero-order chi connectivity index (χ0) is 24.6. The highest BCUT2D eigenvalue weighted by Crippen LogP contribution is 2.50. The first-order chi connectivity index (χ1) is 16.6. The number of benzene rings is 2. The van der Waals surface area contributed by atoms with Crippen molar-refractivity contribution in [1.82, 2.24) is 14.4 Å². The van der Waals surface area contributed by atoms with E-state index in [1.54, 1.807) is 0 Å². The van der Waals surface area contributed by atoms with Crippen LogP contribution in [-0.2, 0) is 10.2 Å². The van der Waals surface area contributed by atoms with Crippen LogP contribution in [0.2, 0.25) is 0 Å². The molecule has 1 aliphatic heterocycles. The van der Waals surface area contributed by atoms with Crippen molar-refractivity contribution in [3.05, 3.63) is 65.8 Å². The minimum Gasteiger partial charge on any atom is -0.364 e. The number of aromatic nitrogens is 3. The molecule has 1 saturated carbocycles. The van der Waals surface area contributed by atoms with E-state index < -0.39 is 0 Å². The summed E-state index contributed by atoms with van der Waals surface area (Å²) in [6.07, 6.45) is 10.0. The maximum Gasteiger partial charge on any atom is 0.148 e. The minimum absolute atomic E-state index is 0.00652. The number of nitrogens with zero attached hydrogens (tertiary/aromatic N) is 3. The molecule has 2 fully saturated rings. The van der Waals surface area contributed by atoms with Crippen LogP contribution in [0, 0.1) is 0 Å². The average molecular weight is 466 g/mol. The summed E-state index contributed by atoms with van der Waals surface area (Å²) < 4.78 is 8.91. The highest BCUT2D eigenvalue weighted by atomic mass is 16.5. The first-order valence-corrected chi connectivity index (χ1v) is 12.9. The summed E-state index contributed by atoms with van der Waals surface area (Å²) in [5, 5.41) is 3.43. The zero-order valence-electron chi connectivity index (χ0n) is 21.6. The summed E-state index contributed by atoms with van der Waals surface area (Å²) in [5.74, 6) is 0.998. The van der Waals surface area contributed by atoms with E-state index in [9.17, 15) is 0 Å². The van der Waals surface area contributed by atoms with Gasteiger partial charge in [-0.05, 0) is 55.9 Å². The summed E-state index contributed by atoms with van der Waals surface area (Å²) in [6, 6.07) is 12.8.